The molecular weight excluding hydrogens is 406 g/mol. The van der Waals surface area contributed by atoms with Crippen molar-refractivity contribution >= 4 is 29.1 Å². The summed E-state index contributed by atoms with van der Waals surface area (Å²) in [7, 11) is 1.58. The molecule has 32 heavy (non-hydrogen) atoms. The zero-order chi connectivity index (χ0) is 22.9. The van der Waals surface area contributed by atoms with E-state index in [1.54, 1.807) is 37.6 Å². The van der Waals surface area contributed by atoms with Crippen LogP contribution in [-0.4, -0.2) is 29.9 Å². The number of guanidine groups is 1. The van der Waals surface area contributed by atoms with Gasteiger partial charge in [0.15, 0.2) is 0 Å². The molecule has 0 radical (unpaired) electrons. The van der Waals surface area contributed by atoms with Crippen LogP contribution in [0.3, 0.4) is 0 Å². The van der Waals surface area contributed by atoms with Crippen molar-refractivity contribution in [1.82, 2.24) is 10.3 Å². The first kappa shape index (κ1) is 22.5. The van der Waals surface area contributed by atoms with Crippen LogP contribution in [0, 0.1) is 6.92 Å². The SMILES string of the molecule is COc1cccc(NC(=NCc2ccccn2)NC(=O)c2ccc(C)c(NC(C)=O)c2)c1. The van der Waals surface area contributed by atoms with E-state index >= 15 is 0 Å². The number of pyridine rings is 1. The van der Waals surface area contributed by atoms with Crippen LogP contribution in [0.5, 0.6) is 5.75 Å². The van der Waals surface area contributed by atoms with Crippen molar-refractivity contribution < 1.29 is 14.3 Å². The normalized spacial score (nSPS) is 10.9. The number of methoxy groups -OCH3 is 1. The molecule has 3 rings (SSSR count). The number of nitrogens with one attached hydrogen (secondary N) is 3. The molecule has 8 heteroatoms. The van der Waals surface area contributed by atoms with Gasteiger partial charge in [0.2, 0.25) is 11.9 Å². The molecule has 0 aliphatic carbocycles. The second-order valence-electron chi connectivity index (χ2n) is 7.01. The first-order chi connectivity index (χ1) is 15.4. The van der Waals surface area contributed by atoms with Crippen LogP contribution >= 0.6 is 0 Å². The lowest BCUT2D eigenvalue weighted by molar-refractivity contribution is -0.114. The zero-order valence-electron chi connectivity index (χ0n) is 18.2. The number of amides is 2. The number of nitrogens with zero attached hydrogens (tertiary/aromatic N) is 2. The average Bonchev–Trinajstić information content (AvgIpc) is 2.79. The fourth-order valence-corrected chi connectivity index (χ4v) is 2.87. The number of carbonyl (C=O) groups is 2. The number of carbonyl (C=O) groups excluding carboxylic acids is 2. The average molecular weight is 431 g/mol. The second kappa shape index (κ2) is 10.7. The van der Waals surface area contributed by atoms with Crippen LogP contribution in [0.25, 0.3) is 0 Å². The predicted octanol–water partition coefficient (Wildman–Crippen LogP) is 3.76. The molecule has 0 aliphatic rings. The monoisotopic (exact) mass is 431 g/mol. The van der Waals surface area contributed by atoms with Crippen LogP contribution in [0.4, 0.5) is 11.4 Å². The van der Waals surface area contributed by atoms with E-state index in [0.717, 1.165) is 11.3 Å². The first-order valence-electron chi connectivity index (χ1n) is 9.99. The topological polar surface area (TPSA) is 105 Å². The van der Waals surface area contributed by atoms with Crippen molar-refractivity contribution in [3.63, 3.8) is 0 Å². The highest BCUT2D eigenvalue weighted by Gasteiger charge is 2.12. The van der Waals surface area contributed by atoms with Crippen molar-refractivity contribution in [2.75, 3.05) is 17.7 Å². The lowest BCUT2D eigenvalue weighted by atomic mass is 10.1. The van der Waals surface area contributed by atoms with Gasteiger partial charge in [-0.05, 0) is 48.9 Å². The Balaban J connectivity index is 1.84. The largest absolute Gasteiger partial charge is 0.497 e. The molecule has 2 amide bonds. The Morgan fingerprint density at radius 3 is 2.59 bits per heavy atom. The van der Waals surface area contributed by atoms with Crippen molar-refractivity contribution in [2.24, 2.45) is 4.99 Å². The van der Waals surface area contributed by atoms with E-state index in [2.05, 4.69) is 25.9 Å². The lowest BCUT2D eigenvalue weighted by Gasteiger charge is -2.14. The van der Waals surface area contributed by atoms with Crippen LogP contribution in [0.15, 0.2) is 71.9 Å². The second-order valence-corrected chi connectivity index (χ2v) is 7.01. The Bertz CT molecular complexity index is 1130. The summed E-state index contributed by atoms with van der Waals surface area (Å²) in [6.07, 6.45) is 1.69. The van der Waals surface area contributed by atoms with Crippen molar-refractivity contribution in [1.29, 1.82) is 0 Å². The summed E-state index contributed by atoms with van der Waals surface area (Å²) in [5.41, 5.74) is 3.28. The van der Waals surface area contributed by atoms with Crippen LogP contribution in [0.2, 0.25) is 0 Å². The summed E-state index contributed by atoms with van der Waals surface area (Å²) >= 11 is 0. The molecule has 3 N–H and O–H groups in total. The minimum absolute atomic E-state index is 0.206. The third-order valence-electron chi connectivity index (χ3n) is 4.50. The summed E-state index contributed by atoms with van der Waals surface area (Å²) in [6, 6.07) is 18.0. The Morgan fingerprint density at radius 2 is 1.88 bits per heavy atom. The number of hydrogen-bond acceptors (Lipinski definition) is 5. The quantitative estimate of drug-likeness (QED) is 0.407. The highest BCUT2D eigenvalue weighted by Crippen LogP contribution is 2.18. The van der Waals surface area contributed by atoms with Gasteiger partial charge in [0.05, 0.1) is 19.3 Å². The molecule has 3 aromatic rings. The maximum absolute atomic E-state index is 12.9. The summed E-state index contributed by atoms with van der Waals surface area (Å²) in [5.74, 6) is 0.356. The predicted molar refractivity (Wildman–Crippen MR) is 125 cm³/mol. The number of aliphatic imine (C=N–C) groups is 1. The first-order valence-corrected chi connectivity index (χ1v) is 9.99. The summed E-state index contributed by atoms with van der Waals surface area (Å²) in [6.45, 7) is 3.56. The van der Waals surface area contributed by atoms with Crippen LogP contribution in [0.1, 0.15) is 28.5 Å². The Morgan fingerprint density at radius 1 is 1.03 bits per heavy atom. The molecule has 0 bridgehead atoms. The van der Waals surface area contributed by atoms with Crippen molar-refractivity contribution in [3.8, 4) is 5.75 Å². The maximum Gasteiger partial charge on any atom is 0.258 e. The third kappa shape index (κ3) is 6.40. The van der Waals surface area contributed by atoms with Gasteiger partial charge in [-0.15, -0.1) is 0 Å². The lowest BCUT2D eigenvalue weighted by Crippen LogP contribution is -2.36. The molecule has 0 spiro atoms. The fourth-order valence-electron chi connectivity index (χ4n) is 2.87. The highest BCUT2D eigenvalue weighted by molar-refractivity contribution is 6.10. The Labute approximate surface area is 186 Å². The van der Waals surface area contributed by atoms with E-state index in [1.165, 1.54) is 6.92 Å². The summed E-state index contributed by atoms with van der Waals surface area (Å²) in [5, 5.41) is 8.67. The molecule has 8 nitrogen and oxygen atoms in total. The van der Waals surface area contributed by atoms with E-state index in [9.17, 15) is 9.59 Å². The van der Waals surface area contributed by atoms with Crippen LogP contribution < -0.4 is 20.7 Å². The van der Waals surface area contributed by atoms with Gasteiger partial charge in [-0.25, -0.2) is 4.99 Å². The number of hydrogen-bond donors (Lipinski definition) is 3. The highest BCUT2D eigenvalue weighted by atomic mass is 16.5. The van der Waals surface area contributed by atoms with E-state index in [1.807, 2.05) is 43.3 Å². The summed E-state index contributed by atoms with van der Waals surface area (Å²) in [4.78, 5) is 33.1. The van der Waals surface area contributed by atoms with Gasteiger partial charge in [-0.2, -0.15) is 0 Å². The molecule has 1 aromatic heterocycles. The van der Waals surface area contributed by atoms with Gasteiger partial charge in [0.25, 0.3) is 5.91 Å². The van der Waals surface area contributed by atoms with Gasteiger partial charge < -0.3 is 15.4 Å². The summed E-state index contributed by atoms with van der Waals surface area (Å²) < 4.78 is 5.26. The van der Waals surface area contributed by atoms with Gasteiger partial charge in [-0.3, -0.25) is 19.9 Å². The number of benzene rings is 2. The van der Waals surface area contributed by atoms with Gasteiger partial charge in [-0.1, -0.05) is 18.2 Å². The molecule has 0 unspecified atom stereocenters. The molecule has 164 valence electrons. The molecule has 0 fully saturated rings. The minimum Gasteiger partial charge on any atom is -0.497 e. The number of aromatic nitrogens is 1. The number of rotatable bonds is 6. The molecule has 1 heterocycles. The smallest absolute Gasteiger partial charge is 0.258 e. The van der Waals surface area contributed by atoms with E-state index < -0.39 is 0 Å². The van der Waals surface area contributed by atoms with Crippen LogP contribution in [-0.2, 0) is 11.3 Å². The Hall–Kier alpha value is -4.20. The molecule has 0 aliphatic heterocycles. The molecule has 0 saturated carbocycles. The van der Waals surface area contributed by atoms with Crippen molar-refractivity contribution in [2.45, 2.75) is 20.4 Å². The minimum atomic E-state index is -0.369. The molecule has 0 atom stereocenters. The molecule has 2 aromatic carbocycles. The van der Waals surface area contributed by atoms with Gasteiger partial charge in [0, 0.05) is 36.1 Å². The number of ether oxygens (including phenoxy) is 1. The van der Waals surface area contributed by atoms with E-state index in [4.69, 9.17) is 4.74 Å². The third-order valence-corrected chi connectivity index (χ3v) is 4.50. The standard InChI is InChI=1S/C24H25N5O3/c1-16-10-11-18(13-22(16)27-17(2)30)23(31)29-24(26-15-20-7-4-5-12-25-20)28-19-8-6-9-21(14-19)32-3/h4-14H,15H2,1-3H3,(H,27,30)(H2,26,28,29,31). The van der Waals surface area contributed by atoms with E-state index in [-0.39, 0.29) is 24.3 Å². The van der Waals surface area contributed by atoms with E-state index in [0.29, 0.717) is 22.7 Å². The molecule has 0 saturated heterocycles. The van der Waals surface area contributed by atoms with Gasteiger partial charge in [0.1, 0.15) is 5.75 Å². The van der Waals surface area contributed by atoms with Gasteiger partial charge >= 0.3 is 0 Å². The maximum atomic E-state index is 12.9. The fraction of sp³-hybridized carbons (Fsp3) is 0.167. The zero-order valence-corrected chi connectivity index (χ0v) is 18.2. The molecular formula is C24H25N5O3. The van der Waals surface area contributed by atoms with Crippen molar-refractivity contribution in [3.05, 3.63) is 83.7 Å². The number of anilines is 2. The Kier molecular flexibility index (Phi) is 7.53. The number of aryl methyl sites for hydroxylation is 1.